The molecule has 76 valence electrons. The fourth-order valence-corrected chi connectivity index (χ4v) is 1.07. The van der Waals surface area contributed by atoms with Gasteiger partial charge < -0.3 is 8.83 Å². The van der Waals surface area contributed by atoms with Crippen LogP contribution in [0.4, 0.5) is 0 Å². The molecule has 0 N–H and O–H groups in total. The first-order valence-electron chi connectivity index (χ1n) is 4.77. The molecule has 0 aliphatic carbocycles. The second kappa shape index (κ2) is 5.32. The molecule has 2 nitrogen and oxygen atoms in total. The Morgan fingerprint density at radius 2 is 1.71 bits per heavy atom. The highest BCUT2D eigenvalue weighted by Gasteiger charge is 1.85. The lowest BCUT2D eigenvalue weighted by atomic mass is 10.4. The van der Waals surface area contributed by atoms with Gasteiger partial charge in [0.25, 0.3) is 0 Å². The van der Waals surface area contributed by atoms with Crippen molar-refractivity contribution in [3.8, 4) is 0 Å². The Labute approximate surface area is 84.5 Å². The van der Waals surface area contributed by atoms with Gasteiger partial charge in [0.15, 0.2) is 0 Å². The van der Waals surface area contributed by atoms with Gasteiger partial charge in [-0.3, -0.25) is 0 Å². The number of aryl methyl sites for hydroxylation is 3. The van der Waals surface area contributed by atoms with E-state index in [0.29, 0.717) is 0 Å². The summed E-state index contributed by atoms with van der Waals surface area (Å²) in [6.45, 7) is 5.94. The third-order valence-corrected chi connectivity index (χ3v) is 1.80. The predicted octanol–water partition coefficient (Wildman–Crippen LogP) is 3.74. The summed E-state index contributed by atoms with van der Waals surface area (Å²) in [7, 11) is 0. The zero-order valence-corrected chi connectivity index (χ0v) is 8.91. The fraction of sp³-hybridized carbons (Fsp3) is 0.333. The van der Waals surface area contributed by atoms with Crippen LogP contribution in [0.5, 0.6) is 0 Å². The molecule has 0 unspecified atom stereocenters. The Kier molecular flexibility index (Phi) is 4.05. The lowest BCUT2D eigenvalue weighted by molar-refractivity contribution is 0.504. The maximum atomic E-state index is 5.08. The number of rotatable bonds is 1. The molecule has 0 bridgehead atoms. The average molecular weight is 192 g/mol. The summed E-state index contributed by atoms with van der Waals surface area (Å²) in [6, 6.07) is 7.78. The van der Waals surface area contributed by atoms with E-state index in [1.807, 2.05) is 38.1 Å². The lowest BCUT2D eigenvalue weighted by Gasteiger charge is -1.79. The normalized spacial score (nSPS) is 9.36. The van der Waals surface area contributed by atoms with Crippen LogP contribution in [-0.4, -0.2) is 0 Å². The molecule has 0 spiro atoms. The van der Waals surface area contributed by atoms with E-state index in [2.05, 4.69) is 6.92 Å². The van der Waals surface area contributed by atoms with E-state index >= 15 is 0 Å². The second-order valence-corrected chi connectivity index (χ2v) is 3.09. The minimum atomic E-state index is 0.984. The number of hydrogen-bond donors (Lipinski definition) is 0. The quantitative estimate of drug-likeness (QED) is 0.688. The molecule has 14 heavy (non-hydrogen) atoms. The molecule has 0 atom stereocenters. The molecule has 0 aliphatic rings. The van der Waals surface area contributed by atoms with Crippen molar-refractivity contribution in [3.05, 3.63) is 47.8 Å². The van der Waals surface area contributed by atoms with Gasteiger partial charge in [0, 0.05) is 6.42 Å². The average Bonchev–Trinajstić information content (AvgIpc) is 2.78. The van der Waals surface area contributed by atoms with E-state index in [4.69, 9.17) is 8.83 Å². The third-order valence-electron chi connectivity index (χ3n) is 1.80. The van der Waals surface area contributed by atoms with Crippen molar-refractivity contribution >= 4 is 0 Å². The zero-order valence-electron chi connectivity index (χ0n) is 8.91. The van der Waals surface area contributed by atoms with Crippen LogP contribution in [0.25, 0.3) is 0 Å². The van der Waals surface area contributed by atoms with Crippen molar-refractivity contribution in [2.45, 2.75) is 27.2 Å². The van der Waals surface area contributed by atoms with E-state index in [0.717, 1.165) is 23.7 Å². The van der Waals surface area contributed by atoms with Gasteiger partial charge in [0.2, 0.25) is 0 Å². The molecule has 0 radical (unpaired) electrons. The first-order valence-corrected chi connectivity index (χ1v) is 4.77. The van der Waals surface area contributed by atoms with Gasteiger partial charge in [-0.05, 0) is 38.1 Å². The monoisotopic (exact) mass is 192 g/mol. The van der Waals surface area contributed by atoms with Crippen molar-refractivity contribution in [1.82, 2.24) is 0 Å². The van der Waals surface area contributed by atoms with Gasteiger partial charge in [-0.2, -0.15) is 0 Å². The van der Waals surface area contributed by atoms with Crippen molar-refractivity contribution in [1.29, 1.82) is 0 Å². The molecule has 2 heterocycles. The van der Waals surface area contributed by atoms with E-state index in [1.54, 1.807) is 6.26 Å². The highest BCUT2D eigenvalue weighted by molar-refractivity contribution is 5.02. The van der Waals surface area contributed by atoms with Crippen LogP contribution in [0.3, 0.4) is 0 Å². The summed E-state index contributed by atoms with van der Waals surface area (Å²) in [6.07, 6.45) is 2.69. The van der Waals surface area contributed by atoms with E-state index in [1.165, 1.54) is 0 Å². The Bertz CT molecular complexity index is 328. The summed E-state index contributed by atoms with van der Waals surface area (Å²) in [5, 5.41) is 0. The van der Waals surface area contributed by atoms with Crippen LogP contribution >= 0.6 is 0 Å². The molecule has 0 aromatic carbocycles. The molecule has 0 amide bonds. The van der Waals surface area contributed by atoms with Gasteiger partial charge in [-0.25, -0.2) is 0 Å². The van der Waals surface area contributed by atoms with Crippen LogP contribution in [0, 0.1) is 13.8 Å². The predicted molar refractivity (Wildman–Crippen MR) is 56.3 cm³/mol. The second-order valence-electron chi connectivity index (χ2n) is 3.09. The Hall–Kier alpha value is -1.44. The summed E-state index contributed by atoms with van der Waals surface area (Å²) >= 11 is 0. The molecule has 2 heteroatoms. The first kappa shape index (κ1) is 10.6. The minimum Gasteiger partial charge on any atom is -0.469 e. The van der Waals surface area contributed by atoms with Crippen molar-refractivity contribution in [2.75, 3.05) is 0 Å². The fourth-order valence-electron chi connectivity index (χ4n) is 1.07. The lowest BCUT2D eigenvalue weighted by Crippen LogP contribution is -1.66. The van der Waals surface area contributed by atoms with Crippen LogP contribution in [-0.2, 0) is 6.42 Å². The molecular formula is C12H16O2. The van der Waals surface area contributed by atoms with E-state index in [-0.39, 0.29) is 0 Å². The SMILES string of the molecule is CCc1ccco1.Cc1ccc(C)o1. The molecule has 0 fully saturated rings. The summed E-state index contributed by atoms with van der Waals surface area (Å²) in [4.78, 5) is 0. The highest BCUT2D eigenvalue weighted by Crippen LogP contribution is 2.02. The van der Waals surface area contributed by atoms with E-state index < -0.39 is 0 Å². The molecule has 0 saturated heterocycles. The Balaban J connectivity index is 0.000000140. The summed E-state index contributed by atoms with van der Waals surface area (Å²) in [5.74, 6) is 3.02. The maximum absolute atomic E-state index is 5.08. The van der Waals surface area contributed by atoms with Gasteiger partial charge >= 0.3 is 0 Å². The van der Waals surface area contributed by atoms with Crippen LogP contribution in [0.15, 0.2) is 39.4 Å². The van der Waals surface area contributed by atoms with Crippen molar-refractivity contribution in [3.63, 3.8) is 0 Å². The first-order chi connectivity index (χ1) is 6.72. The van der Waals surface area contributed by atoms with Gasteiger partial charge in [-0.15, -0.1) is 0 Å². The Morgan fingerprint density at radius 3 is 1.93 bits per heavy atom. The largest absolute Gasteiger partial charge is 0.469 e. The zero-order chi connectivity index (χ0) is 10.4. The van der Waals surface area contributed by atoms with E-state index in [9.17, 15) is 0 Å². The van der Waals surface area contributed by atoms with Crippen LogP contribution < -0.4 is 0 Å². The molecular weight excluding hydrogens is 176 g/mol. The summed E-state index contributed by atoms with van der Waals surface area (Å²) < 4.78 is 10.1. The van der Waals surface area contributed by atoms with Crippen molar-refractivity contribution in [2.24, 2.45) is 0 Å². The van der Waals surface area contributed by atoms with Gasteiger partial charge in [0.1, 0.15) is 17.3 Å². The van der Waals surface area contributed by atoms with Gasteiger partial charge in [0.05, 0.1) is 6.26 Å². The topological polar surface area (TPSA) is 26.3 Å². The number of hydrogen-bond acceptors (Lipinski definition) is 2. The van der Waals surface area contributed by atoms with Crippen LogP contribution in [0.2, 0.25) is 0 Å². The Morgan fingerprint density at radius 1 is 1.07 bits per heavy atom. The molecule has 0 saturated carbocycles. The minimum absolute atomic E-state index is 0.984. The van der Waals surface area contributed by atoms with Gasteiger partial charge in [-0.1, -0.05) is 6.92 Å². The molecule has 2 aromatic rings. The third kappa shape index (κ3) is 3.52. The maximum Gasteiger partial charge on any atom is 0.103 e. The summed E-state index contributed by atoms with van der Waals surface area (Å²) in [5.41, 5.74) is 0. The standard InChI is InChI=1S/2C6H8O/c1-5-3-4-6(2)7-5;1-2-6-4-3-5-7-6/h3-4H,1-2H3;3-5H,2H2,1H3. The number of furan rings is 2. The smallest absolute Gasteiger partial charge is 0.103 e. The van der Waals surface area contributed by atoms with Crippen molar-refractivity contribution < 1.29 is 8.83 Å². The highest BCUT2D eigenvalue weighted by atomic mass is 16.3. The molecule has 0 aliphatic heterocycles. The molecule has 2 aromatic heterocycles. The molecule has 2 rings (SSSR count). The van der Waals surface area contributed by atoms with Crippen LogP contribution in [0.1, 0.15) is 24.2 Å².